The second-order valence-corrected chi connectivity index (χ2v) is 6.98. The van der Waals surface area contributed by atoms with Gasteiger partial charge in [-0.1, -0.05) is 0 Å². The molecule has 0 amide bonds. The van der Waals surface area contributed by atoms with Gasteiger partial charge < -0.3 is 15.0 Å². The Bertz CT molecular complexity index is 1010. The molecule has 29 heavy (non-hydrogen) atoms. The second kappa shape index (κ2) is 7.60. The average molecular weight is 406 g/mol. The summed E-state index contributed by atoms with van der Waals surface area (Å²) in [5, 5.41) is 10.6. The Hall–Kier alpha value is -2.72. The third kappa shape index (κ3) is 3.77. The Balaban J connectivity index is 1.78. The molecule has 0 aromatic carbocycles. The van der Waals surface area contributed by atoms with E-state index in [1.165, 1.54) is 6.07 Å². The van der Waals surface area contributed by atoms with Crippen LogP contribution in [-0.4, -0.2) is 59.1 Å². The van der Waals surface area contributed by atoms with Gasteiger partial charge in [-0.25, -0.2) is 9.97 Å². The van der Waals surface area contributed by atoms with Gasteiger partial charge in [0.25, 0.3) is 0 Å². The van der Waals surface area contributed by atoms with E-state index in [1.54, 1.807) is 25.4 Å². The van der Waals surface area contributed by atoms with Gasteiger partial charge >= 0.3 is 6.18 Å². The van der Waals surface area contributed by atoms with Crippen LogP contribution in [0.4, 0.5) is 19.0 Å². The Morgan fingerprint density at radius 3 is 2.83 bits per heavy atom. The normalized spacial score (nSPS) is 18.9. The minimum Gasteiger partial charge on any atom is -0.380 e. The first-order chi connectivity index (χ1) is 13.9. The zero-order valence-electron chi connectivity index (χ0n) is 16.0. The van der Waals surface area contributed by atoms with Crippen LogP contribution in [0.25, 0.3) is 22.4 Å². The Morgan fingerprint density at radius 2 is 2.07 bits per heavy atom. The number of nitrogens with zero attached hydrogens (tertiary/aromatic N) is 4. The van der Waals surface area contributed by atoms with Crippen LogP contribution < -0.4 is 10.2 Å². The minimum absolute atomic E-state index is 0.0342. The number of rotatable bonds is 4. The highest BCUT2D eigenvalue weighted by Crippen LogP contribution is 2.38. The molecule has 1 fully saturated rings. The Morgan fingerprint density at radius 1 is 1.24 bits per heavy atom. The number of pyridine rings is 2. The van der Waals surface area contributed by atoms with E-state index in [4.69, 9.17) is 4.74 Å². The molecule has 3 aromatic rings. The molecule has 1 saturated heterocycles. The van der Waals surface area contributed by atoms with E-state index in [1.807, 2.05) is 11.8 Å². The lowest BCUT2D eigenvalue weighted by molar-refractivity contribution is -0.137. The van der Waals surface area contributed by atoms with Crippen LogP contribution in [0.2, 0.25) is 0 Å². The van der Waals surface area contributed by atoms with Crippen LogP contribution in [-0.2, 0) is 10.9 Å². The van der Waals surface area contributed by atoms with E-state index < -0.39 is 11.7 Å². The maximum atomic E-state index is 13.7. The van der Waals surface area contributed by atoms with Crippen molar-refractivity contribution in [1.29, 1.82) is 0 Å². The molecule has 154 valence electrons. The van der Waals surface area contributed by atoms with Crippen LogP contribution in [0.5, 0.6) is 0 Å². The number of alkyl halides is 3. The summed E-state index contributed by atoms with van der Waals surface area (Å²) < 4.78 is 46.5. The zero-order valence-corrected chi connectivity index (χ0v) is 16.0. The van der Waals surface area contributed by atoms with E-state index in [2.05, 4.69) is 25.5 Å². The first kappa shape index (κ1) is 19.6. The summed E-state index contributed by atoms with van der Waals surface area (Å²) in [5.41, 5.74) is -0.474. The summed E-state index contributed by atoms with van der Waals surface area (Å²) in [6.45, 7) is 3.85. The molecule has 0 bridgehead atoms. The number of aromatic amines is 1. The summed E-state index contributed by atoms with van der Waals surface area (Å²) in [4.78, 5) is 10.5. The third-order valence-electron chi connectivity index (χ3n) is 5.21. The number of anilines is 1. The molecule has 2 N–H and O–H groups in total. The maximum absolute atomic E-state index is 13.7. The molecule has 0 saturated carbocycles. The topological polar surface area (TPSA) is 79.0 Å². The number of hydrogen-bond donors (Lipinski definition) is 2. The highest BCUT2D eigenvalue weighted by atomic mass is 19.4. The van der Waals surface area contributed by atoms with Crippen LogP contribution in [0, 0.1) is 0 Å². The molecule has 0 radical (unpaired) electrons. The molecule has 10 heteroatoms. The third-order valence-corrected chi connectivity index (χ3v) is 5.21. The predicted octanol–water partition coefficient (Wildman–Crippen LogP) is 2.85. The van der Waals surface area contributed by atoms with Gasteiger partial charge in [0.15, 0.2) is 5.65 Å². The van der Waals surface area contributed by atoms with E-state index in [9.17, 15) is 13.2 Å². The lowest BCUT2D eigenvalue weighted by atomic mass is 10.1. The highest BCUT2D eigenvalue weighted by Gasteiger charge is 2.36. The molecular weight excluding hydrogens is 385 g/mol. The van der Waals surface area contributed by atoms with Crippen LogP contribution in [0.15, 0.2) is 30.5 Å². The van der Waals surface area contributed by atoms with Crippen molar-refractivity contribution in [1.82, 2.24) is 25.5 Å². The molecule has 7 nitrogen and oxygen atoms in total. The fourth-order valence-corrected chi connectivity index (χ4v) is 3.53. The molecular formula is C19H21F3N6O. The molecule has 1 aliphatic heterocycles. The van der Waals surface area contributed by atoms with Gasteiger partial charge in [0.1, 0.15) is 17.2 Å². The summed E-state index contributed by atoms with van der Waals surface area (Å²) in [7, 11) is 1.64. The van der Waals surface area contributed by atoms with Crippen LogP contribution >= 0.6 is 0 Å². The number of aromatic nitrogens is 4. The van der Waals surface area contributed by atoms with Crippen molar-refractivity contribution < 1.29 is 17.9 Å². The number of H-pyrrole nitrogens is 1. The lowest BCUT2D eigenvalue weighted by Gasteiger charge is -2.37. The smallest absolute Gasteiger partial charge is 0.380 e. The van der Waals surface area contributed by atoms with Crippen LogP contribution in [0.1, 0.15) is 12.5 Å². The first-order valence-corrected chi connectivity index (χ1v) is 9.27. The molecule has 4 rings (SSSR count). The van der Waals surface area contributed by atoms with Crippen molar-refractivity contribution in [3.05, 3.63) is 36.0 Å². The van der Waals surface area contributed by atoms with Gasteiger partial charge in [-0.15, -0.1) is 0 Å². The summed E-state index contributed by atoms with van der Waals surface area (Å²) in [6.07, 6.45) is -3.03. The van der Waals surface area contributed by atoms with Crippen molar-refractivity contribution in [2.24, 2.45) is 0 Å². The number of nitrogens with one attached hydrogen (secondary N) is 2. The molecule has 3 aromatic heterocycles. The van der Waals surface area contributed by atoms with Gasteiger partial charge in [0, 0.05) is 38.3 Å². The zero-order chi connectivity index (χ0) is 20.6. The summed E-state index contributed by atoms with van der Waals surface area (Å²) >= 11 is 0. The van der Waals surface area contributed by atoms with Gasteiger partial charge in [-0.3, -0.25) is 5.10 Å². The Kier molecular flexibility index (Phi) is 5.13. The summed E-state index contributed by atoms with van der Waals surface area (Å²) in [5.74, 6) is 0.475. The van der Waals surface area contributed by atoms with E-state index in [-0.39, 0.29) is 23.5 Å². The SMILES string of the molecule is COC(C)C1CN(c2ccc(C(F)(F)F)c(-c3n[nH]c4ncccc34)n2)CCN1. The molecule has 2 atom stereocenters. The van der Waals surface area contributed by atoms with Crippen LogP contribution in [0.3, 0.4) is 0 Å². The first-order valence-electron chi connectivity index (χ1n) is 9.27. The van der Waals surface area contributed by atoms with Gasteiger partial charge in [-0.2, -0.15) is 18.3 Å². The van der Waals surface area contributed by atoms with Gasteiger partial charge in [-0.05, 0) is 31.2 Å². The number of ether oxygens (including phenoxy) is 1. The fraction of sp³-hybridized carbons (Fsp3) is 0.421. The molecule has 0 spiro atoms. The quantitative estimate of drug-likeness (QED) is 0.694. The number of piperazine rings is 1. The predicted molar refractivity (Wildman–Crippen MR) is 103 cm³/mol. The lowest BCUT2D eigenvalue weighted by Crippen LogP contribution is -2.55. The largest absolute Gasteiger partial charge is 0.418 e. The molecule has 4 heterocycles. The number of hydrogen-bond acceptors (Lipinski definition) is 6. The van der Waals surface area contributed by atoms with E-state index >= 15 is 0 Å². The van der Waals surface area contributed by atoms with E-state index in [0.717, 1.165) is 6.07 Å². The van der Waals surface area contributed by atoms with Gasteiger partial charge in [0.2, 0.25) is 0 Å². The van der Waals surface area contributed by atoms with Crippen molar-refractivity contribution in [2.45, 2.75) is 25.2 Å². The molecule has 2 unspecified atom stereocenters. The van der Waals surface area contributed by atoms with Crippen molar-refractivity contribution in [3.63, 3.8) is 0 Å². The number of halogens is 3. The maximum Gasteiger partial charge on any atom is 0.418 e. The van der Waals surface area contributed by atoms with Crippen molar-refractivity contribution in [2.75, 3.05) is 31.6 Å². The fourth-order valence-electron chi connectivity index (χ4n) is 3.53. The summed E-state index contributed by atoms with van der Waals surface area (Å²) in [6, 6.07) is 5.88. The number of fused-ring (bicyclic) bond motifs is 1. The standard InChI is InChI=1S/C19H21F3N6O/c1-11(29-2)14-10-28(9-8-23-14)15-6-5-13(19(20,21)22)17(25-15)16-12-4-3-7-24-18(12)27-26-16/h3-7,11,14,23H,8-10H2,1-2H3,(H,24,26,27). The second-order valence-electron chi connectivity index (χ2n) is 6.98. The molecule has 0 aliphatic carbocycles. The monoisotopic (exact) mass is 406 g/mol. The average Bonchev–Trinajstić information content (AvgIpc) is 3.16. The van der Waals surface area contributed by atoms with E-state index in [0.29, 0.717) is 36.5 Å². The highest BCUT2D eigenvalue weighted by molar-refractivity contribution is 5.90. The van der Waals surface area contributed by atoms with Crippen molar-refractivity contribution >= 4 is 16.9 Å². The minimum atomic E-state index is -4.55. The van der Waals surface area contributed by atoms with Gasteiger partial charge in [0.05, 0.1) is 17.7 Å². The number of methoxy groups -OCH3 is 1. The Labute approximate surface area is 165 Å². The molecule has 1 aliphatic rings. The van der Waals surface area contributed by atoms with Crippen molar-refractivity contribution in [3.8, 4) is 11.4 Å².